The molecule has 1 aliphatic rings. The standard InChI is InChI=1S/C19H18F2N4O2/c1-11-7-12(2)25(22-11)10-18(26)24-6-5-17-14(9-24)19(23-27-17)13-3-4-15(20)16(21)8-13/h3-4,7-8H,5-6,9-10H2,1-2H3. The van der Waals surface area contributed by atoms with Crippen LogP contribution >= 0.6 is 0 Å². The zero-order valence-corrected chi connectivity index (χ0v) is 15.0. The molecule has 1 aliphatic heterocycles. The predicted octanol–water partition coefficient (Wildman–Crippen LogP) is 3.02. The number of carbonyl (C=O) groups excluding carboxylic acids is 1. The Labute approximate surface area is 154 Å². The molecule has 140 valence electrons. The molecule has 0 atom stereocenters. The third-order valence-electron chi connectivity index (χ3n) is 4.76. The van der Waals surface area contributed by atoms with Crippen LogP contribution in [0.4, 0.5) is 8.78 Å². The molecule has 0 saturated carbocycles. The van der Waals surface area contributed by atoms with E-state index in [-0.39, 0.29) is 12.5 Å². The van der Waals surface area contributed by atoms with Crippen LogP contribution in [0.25, 0.3) is 11.3 Å². The van der Waals surface area contributed by atoms with Gasteiger partial charge in [-0.2, -0.15) is 5.10 Å². The highest BCUT2D eigenvalue weighted by molar-refractivity contribution is 5.77. The monoisotopic (exact) mass is 372 g/mol. The Morgan fingerprint density at radius 1 is 1.22 bits per heavy atom. The molecule has 0 N–H and O–H groups in total. The zero-order valence-electron chi connectivity index (χ0n) is 15.0. The second kappa shape index (κ2) is 6.61. The predicted molar refractivity (Wildman–Crippen MR) is 92.7 cm³/mol. The second-order valence-corrected chi connectivity index (χ2v) is 6.71. The van der Waals surface area contributed by atoms with Crippen LogP contribution < -0.4 is 0 Å². The first-order valence-electron chi connectivity index (χ1n) is 8.64. The molecule has 3 heterocycles. The number of fused-ring (bicyclic) bond motifs is 1. The molecular weight excluding hydrogens is 354 g/mol. The Morgan fingerprint density at radius 3 is 2.74 bits per heavy atom. The number of benzene rings is 1. The van der Waals surface area contributed by atoms with E-state index in [1.54, 1.807) is 9.58 Å². The van der Waals surface area contributed by atoms with Gasteiger partial charge >= 0.3 is 0 Å². The third-order valence-corrected chi connectivity index (χ3v) is 4.76. The van der Waals surface area contributed by atoms with Crippen molar-refractivity contribution in [1.29, 1.82) is 0 Å². The Morgan fingerprint density at radius 2 is 2.04 bits per heavy atom. The summed E-state index contributed by atoms with van der Waals surface area (Å²) in [7, 11) is 0. The molecule has 1 aromatic carbocycles. The van der Waals surface area contributed by atoms with Gasteiger partial charge < -0.3 is 9.42 Å². The van der Waals surface area contributed by atoms with E-state index >= 15 is 0 Å². The van der Waals surface area contributed by atoms with Crippen LogP contribution in [0.1, 0.15) is 22.7 Å². The van der Waals surface area contributed by atoms with Crippen molar-refractivity contribution in [2.45, 2.75) is 33.4 Å². The summed E-state index contributed by atoms with van der Waals surface area (Å²) in [5.41, 5.74) is 3.38. The van der Waals surface area contributed by atoms with Crippen molar-refractivity contribution in [1.82, 2.24) is 19.8 Å². The molecule has 27 heavy (non-hydrogen) atoms. The normalized spacial score (nSPS) is 13.7. The smallest absolute Gasteiger partial charge is 0.244 e. The van der Waals surface area contributed by atoms with Crippen LogP contribution in [0.15, 0.2) is 28.8 Å². The minimum absolute atomic E-state index is 0.0655. The fourth-order valence-corrected chi connectivity index (χ4v) is 3.36. The molecule has 3 aromatic rings. The molecule has 0 bridgehead atoms. The summed E-state index contributed by atoms with van der Waals surface area (Å²) in [6.45, 7) is 4.76. The summed E-state index contributed by atoms with van der Waals surface area (Å²) >= 11 is 0. The van der Waals surface area contributed by atoms with Gasteiger partial charge in [-0.1, -0.05) is 5.16 Å². The largest absolute Gasteiger partial charge is 0.360 e. The first-order chi connectivity index (χ1) is 12.9. The van der Waals surface area contributed by atoms with Crippen molar-refractivity contribution in [2.24, 2.45) is 0 Å². The fraction of sp³-hybridized carbons (Fsp3) is 0.316. The number of rotatable bonds is 3. The van der Waals surface area contributed by atoms with Crippen molar-refractivity contribution < 1.29 is 18.1 Å². The maximum absolute atomic E-state index is 13.6. The van der Waals surface area contributed by atoms with Crippen LogP contribution in [0, 0.1) is 25.5 Å². The van der Waals surface area contributed by atoms with Crippen LogP contribution in [-0.2, 0) is 24.3 Å². The molecule has 0 aliphatic carbocycles. The molecule has 0 saturated heterocycles. The lowest BCUT2D eigenvalue weighted by Crippen LogP contribution is -2.38. The molecule has 1 amide bonds. The van der Waals surface area contributed by atoms with E-state index in [9.17, 15) is 13.6 Å². The van der Waals surface area contributed by atoms with Gasteiger partial charge in [0.25, 0.3) is 0 Å². The lowest BCUT2D eigenvalue weighted by molar-refractivity contribution is -0.133. The summed E-state index contributed by atoms with van der Waals surface area (Å²) in [6, 6.07) is 5.51. The first-order valence-corrected chi connectivity index (χ1v) is 8.64. The molecular formula is C19H18F2N4O2. The van der Waals surface area contributed by atoms with Crippen LogP contribution in [0.5, 0.6) is 0 Å². The number of amides is 1. The Bertz CT molecular complexity index is 1020. The number of aryl methyl sites for hydroxylation is 2. The van der Waals surface area contributed by atoms with Gasteiger partial charge in [0, 0.05) is 29.8 Å². The van der Waals surface area contributed by atoms with Gasteiger partial charge in [-0.05, 0) is 38.1 Å². The van der Waals surface area contributed by atoms with Gasteiger partial charge in [0.1, 0.15) is 18.0 Å². The molecule has 0 fully saturated rings. The van der Waals surface area contributed by atoms with E-state index in [2.05, 4.69) is 10.3 Å². The van der Waals surface area contributed by atoms with E-state index in [0.717, 1.165) is 29.1 Å². The summed E-state index contributed by atoms with van der Waals surface area (Å²) in [5, 5.41) is 8.34. The van der Waals surface area contributed by atoms with E-state index in [1.807, 2.05) is 19.9 Å². The van der Waals surface area contributed by atoms with Crippen molar-refractivity contribution in [3.63, 3.8) is 0 Å². The Hall–Kier alpha value is -3.03. The Balaban J connectivity index is 1.57. The van der Waals surface area contributed by atoms with E-state index in [4.69, 9.17) is 4.52 Å². The second-order valence-electron chi connectivity index (χ2n) is 6.71. The fourth-order valence-electron chi connectivity index (χ4n) is 3.36. The summed E-state index contributed by atoms with van der Waals surface area (Å²) < 4.78 is 33.8. The highest BCUT2D eigenvalue weighted by Crippen LogP contribution is 2.30. The number of halogens is 2. The average molecular weight is 372 g/mol. The average Bonchev–Trinajstić information content (AvgIpc) is 3.19. The van der Waals surface area contributed by atoms with Crippen LogP contribution in [0.2, 0.25) is 0 Å². The molecule has 2 aromatic heterocycles. The van der Waals surface area contributed by atoms with Crippen molar-refractivity contribution in [3.8, 4) is 11.3 Å². The highest BCUT2D eigenvalue weighted by atomic mass is 19.2. The number of aromatic nitrogens is 3. The quantitative estimate of drug-likeness (QED) is 0.709. The van der Waals surface area contributed by atoms with E-state index < -0.39 is 11.6 Å². The van der Waals surface area contributed by atoms with Gasteiger partial charge in [-0.15, -0.1) is 0 Å². The number of nitrogens with zero attached hydrogens (tertiary/aromatic N) is 4. The summed E-state index contributed by atoms with van der Waals surface area (Å²) in [6.07, 6.45) is 0.523. The lowest BCUT2D eigenvalue weighted by atomic mass is 10.0. The lowest BCUT2D eigenvalue weighted by Gasteiger charge is -2.26. The van der Waals surface area contributed by atoms with Crippen LogP contribution in [-0.4, -0.2) is 32.3 Å². The van der Waals surface area contributed by atoms with Crippen molar-refractivity contribution in [2.75, 3.05) is 6.54 Å². The molecule has 0 spiro atoms. The van der Waals surface area contributed by atoms with Gasteiger partial charge in [0.15, 0.2) is 11.6 Å². The first kappa shape index (κ1) is 17.4. The molecule has 4 rings (SSSR count). The maximum Gasteiger partial charge on any atom is 0.244 e. The zero-order chi connectivity index (χ0) is 19.1. The molecule has 6 nitrogen and oxygen atoms in total. The Kier molecular flexibility index (Phi) is 4.25. The van der Waals surface area contributed by atoms with E-state index in [1.165, 1.54) is 6.07 Å². The van der Waals surface area contributed by atoms with Gasteiger partial charge in [-0.25, -0.2) is 8.78 Å². The van der Waals surface area contributed by atoms with Crippen molar-refractivity contribution >= 4 is 5.91 Å². The highest BCUT2D eigenvalue weighted by Gasteiger charge is 2.28. The molecule has 0 radical (unpaired) electrons. The third kappa shape index (κ3) is 3.22. The molecule has 8 heteroatoms. The van der Waals surface area contributed by atoms with Crippen molar-refractivity contribution in [3.05, 3.63) is 58.6 Å². The minimum atomic E-state index is -0.947. The molecule has 0 unspecified atom stereocenters. The summed E-state index contributed by atoms with van der Waals surface area (Å²) in [4.78, 5) is 14.4. The number of carbonyl (C=O) groups is 1. The SMILES string of the molecule is Cc1cc(C)n(CC(=O)N2CCc3onc(-c4ccc(F)c(F)c4)c3C2)n1. The van der Waals surface area contributed by atoms with E-state index in [0.29, 0.717) is 36.5 Å². The number of hydrogen-bond donors (Lipinski definition) is 0. The van der Waals surface area contributed by atoms with Gasteiger partial charge in [-0.3, -0.25) is 9.48 Å². The minimum Gasteiger partial charge on any atom is -0.360 e. The van der Waals surface area contributed by atoms with Gasteiger partial charge in [0.05, 0.1) is 12.2 Å². The van der Waals surface area contributed by atoms with Gasteiger partial charge in [0.2, 0.25) is 5.91 Å². The van der Waals surface area contributed by atoms with Crippen LogP contribution in [0.3, 0.4) is 0 Å². The topological polar surface area (TPSA) is 64.2 Å². The maximum atomic E-state index is 13.6. The number of hydrogen-bond acceptors (Lipinski definition) is 4. The summed E-state index contributed by atoms with van der Waals surface area (Å²) in [5.74, 6) is -1.26.